The summed E-state index contributed by atoms with van der Waals surface area (Å²) in [6, 6.07) is 15.0. The van der Waals surface area contributed by atoms with Crippen LogP contribution < -0.4 is 10.6 Å². The summed E-state index contributed by atoms with van der Waals surface area (Å²) in [5.74, 6) is 1.03. The zero-order chi connectivity index (χ0) is 24.8. The molecule has 8 heteroatoms. The first-order chi connectivity index (χ1) is 16.2. The van der Waals surface area contributed by atoms with Crippen molar-refractivity contribution in [2.45, 2.75) is 51.7 Å². The minimum Gasteiger partial charge on any atom is -0.342 e. The number of aromatic nitrogens is 3. The summed E-state index contributed by atoms with van der Waals surface area (Å²) < 4.78 is 1.85. The fourth-order valence-electron chi connectivity index (χ4n) is 3.61. The highest BCUT2D eigenvalue weighted by atomic mass is 32.2. The summed E-state index contributed by atoms with van der Waals surface area (Å²) >= 11 is 1.32. The molecule has 1 aromatic heterocycles. The summed E-state index contributed by atoms with van der Waals surface area (Å²) in [7, 11) is 1.86. The monoisotopic (exact) mass is 479 g/mol. The van der Waals surface area contributed by atoms with Gasteiger partial charge in [-0.3, -0.25) is 9.59 Å². The predicted octanol–water partition coefficient (Wildman–Crippen LogP) is 5.10. The lowest BCUT2D eigenvalue weighted by Crippen LogP contribution is -2.33. The van der Waals surface area contributed by atoms with E-state index in [1.807, 2.05) is 80.9 Å². The Balaban J connectivity index is 1.67. The largest absolute Gasteiger partial charge is 0.342 e. The fraction of sp³-hybridized carbons (Fsp3) is 0.385. The summed E-state index contributed by atoms with van der Waals surface area (Å²) in [5.41, 5.74) is 3.64. The van der Waals surface area contributed by atoms with E-state index in [4.69, 9.17) is 0 Å². The van der Waals surface area contributed by atoms with Crippen LogP contribution in [0.4, 0.5) is 5.69 Å². The van der Waals surface area contributed by atoms with Gasteiger partial charge in [0.1, 0.15) is 0 Å². The Bertz CT molecular complexity index is 1140. The van der Waals surface area contributed by atoms with Crippen LogP contribution in [-0.2, 0) is 11.8 Å². The lowest BCUT2D eigenvalue weighted by molar-refractivity contribution is -0.113. The topological polar surface area (TPSA) is 88.9 Å². The molecule has 2 aromatic carbocycles. The van der Waals surface area contributed by atoms with Crippen molar-refractivity contribution in [3.8, 4) is 0 Å². The minimum atomic E-state index is -0.313. The minimum absolute atomic E-state index is 0.101. The van der Waals surface area contributed by atoms with Crippen molar-refractivity contribution >= 4 is 29.3 Å². The van der Waals surface area contributed by atoms with Gasteiger partial charge in [0.25, 0.3) is 5.91 Å². The molecule has 0 aliphatic carbocycles. The molecule has 0 saturated heterocycles. The number of hydrogen-bond acceptors (Lipinski definition) is 5. The maximum absolute atomic E-state index is 12.8. The fourth-order valence-corrected chi connectivity index (χ4v) is 4.33. The number of hydrogen-bond donors (Lipinski definition) is 2. The molecule has 0 aliphatic rings. The Morgan fingerprint density at radius 1 is 1.00 bits per heavy atom. The smallest absolute Gasteiger partial charge is 0.251 e. The second kappa shape index (κ2) is 11.3. The Kier molecular flexibility index (Phi) is 8.50. The zero-order valence-corrected chi connectivity index (χ0v) is 21.4. The Morgan fingerprint density at radius 2 is 1.68 bits per heavy atom. The second-order valence-corrected chi connectivity index (χ2v) is 9.98. The molecule has 180 valence electrons. The SMILES string of the molecule is Cc1ccc(C(=O)N[C@@H](c2nnc(SCC(=O)Nc3ccccc3C(C)C)n2C)C(C)C)cc1. The third kappa shape index (κ3) is 6.26. The van der Waals surface area contributed by atoms with Crippen LogP contribution in [0, 0.1) is 12.8 Å². The van der Waals surface area contributed by atoms with Gasteiger partial charge in [0.05, 0.1) is 11.8 Å². The number of thioether (sulfide) groups is 1. The molecule has 2 amide bonds. The van der Waals surface area contributed by atoms with Crippen LogP contribution in [-0.4, -0.2) is 32.3 Å². The Hall–Kier alpha value is -3.13. The first-order valence-corrected chi connectivity index (χ1v) is 12.4. The molecule has 0 spiro atoms. The maximum atomic E-state index is 12.8. The number of rotatable bonds is 9. The van der Waals surface area contributed by atoms with Crippen LogP contribution in [0.1, 0.15) is 67.0 Å². The second-order valence-electron chi connectivity index (χ2n) is 9.04. The summed E-state index contributed by atoms with van der Waals surface area (Å²) in [6.07, 6.45) is 0. The van der Waals surface area contributed by atoms with Gasteiger partial charge in [-0.15, -0.1) is 10.2 Å². The number of amides is 2. The van der Waals surface area contributed by atoms with Gasteiger partial charge in [-0.25, -0.2) is 0 Å². The van der Waals surface area contributed by atoms with Crippen molar-refractivity contribution in [1.82, 2.24) is 20.1 Å². The van der Waals surface area contributed by atoms with E-state index in [-0.39, 0.29) is 29.5 Å². The van der Waals surface area contributed by atoms with Gasteiger partial charge < -0.3 is 15.2 Å². The normalized spacial score (nSPS) is 12.1. The number of aryl methyl sites for hydroxylation is 1. The highest BCUT2D eigenvalue weighted by molar-refractivity contribution is 7.99. The number of benzene rings is 2. The van der Waals surface area contributed by atoms with Crippen LogP contribution in [0.5, 0.6) is 0 Å². The van der Waals surface area contributed by atoms with Gasteiger partial charge in [-0.1, -0.05) is 75.4 Å². The quantitative estimate of drug-likeness (QED) is 0.417. The van der Waals surface area contributed by atoms with E-state index < -0.39 is 0 Å². The van der Waals surface area contributed by atoms with E-state index in [1.54, 1.807) is 0 Å². The van der Waals surface area contributed by atoms with Crippen LogP contribution in [0.2, 0.25) is 0 Å². The van der Waals surface area contributed by atoms with Gasteiger partial charge in [-0.2, -0.15) is 0 Å². The van der Waals surface area contributed by atoms with Crippen molar-refractivity contribution in [1.29, 1.82) is 0 Å². The molecule has 0 bridgehead atoms. The molecule has 0 saturated carbocycles. The average Bonchev–Trinajstić information content (AvgIpc) is 3.16. The highest BCUT2D eigenvalue weighted by Gasteiger charge is 2.25. The molecule has 0 aliphatic heterocycles. The highest BCUT2D eigenvalue weighted by Crippen LogP contribution is 2.26. The van der Waals surface area contributed by atoms with Crippen molar-refractivity contribution in [3.05, 3.63) is 71.0 Å². The zero-order valence-electron chi connectivity index (χ0n) is 20.6. The molecular formula is C26H33N5O2S. The molecule has 7 nitrogen and oxygen atoms in total. The van der Waals surface area contributed by atoms with Crippen LogP contribution >= 0.6 is 11.8 Å². The molecule has 0 radical (unpaired) electrons. The third-order valence-electron chi connectivity index (χ3n) is 5.60. The lowest BCUT2D eigenvalue weighted by atomic mass is 10.0. The van der Waals surface area contributed by atoms with Crippen molar-refractivity contribution in [2.75, 3.05) is 11.1 Å². The van der Waals surface area contributed by atoms with E-state index in [2.05, 4.69) is 34.7 Å². The standard InChI is InChI=1S/C26H33N5O2S/c1-16(2)20-9-7-8-10-21(20)27-22(32)15-34-26-30-29-24(31(26)6)23(17(3)4)28-25(33)19-13-11-18(5)12-14-19/h7-14,16-17,23H,15H2,1-6H3,(H,27,32)(H,28,33)/t23-/m1/s1. The van der Waals surface area contributed by atoms with E-state index in [9.17, 15) is 9.59 Å². The molecular weight excluding hydrogens is 446 g/mol. The Morgan fingerprint density at radius 3 is 2.32 bits per heavy atom. The van der Waals surface area contributed by atoms with Gasteiger partial charge in [0, 0.05) is 18.3 Å². The van der Waals surface area contributed by atoms with Crippen molar-refractivity contribution in [2.24, 2.45) is 13.0 Å². The number of anilines is 1. The van der Waals surface area contributed by atoms with Crippen LogP contribution in [0.3, 0.4) is 0 Å². The number of carbonyl (C=O) groups is 2. The molecule has 1 heterocycles. The van der Waals surface area contributed by atoms with Gasteiger partial charge in [0.15, 0.2) is 11.0 Å². The molecule has 0 fully saturated rings. The van der Waals surface area contributed by atoms with Crippen molar-refractivity contribution < 1.29 is 9.59 Å². The van der Waals surface area contributed by atoms with Gasteiger partial charge in [-0.05, 0) is 42.5 Å². The predicted molar refractivity (Wildman–Crippen MR) is 137 cm³/mol. The molecule has 2 N–H and O–H groups in total. The van der Waals surface area contributed by atoms with E-state index >= 15 is 0 Å². The summed E-state index contributed by atoms with van der Waals surface area (Å²) in [4.78, 5) is 25.4. The lowest BCUT2D eigenvalue weighted by Gasteiger charge is -2.21. The van der Waals surface area contributed by atoms with Gasteiger partial charge in [0.2, 0.25) is 5.91 Å². The molecule has 0 unspecified atom stereocenters. The van der Waals surface area contributed by atoms with Crippen LogP contribution in [0.25, 0.3) is 0 Å². The number of para-hydroxylation sites is 1. The number of nitrogens with zero attached hydrogens (tertiary/aromatic N) is 3. The molecule has 1 atom stereocenters. The number of nitrogens with one attached hydrogen (secondary N) is 2. The van der Waals surface area contributed by atoms with Gasteiger partial charge >= 0.3 is 0 Å². The first-order valence-electron chi connectivity index (χ1n) is 11.5. The van der Waals surface area contributed by atoms with E-state index in [0.717, 1.165) is 16.8 Å². The summed E-state index contributed by atoms with van der Waals surface area (Å²) in [5, 5.41) is 15.3. The molecule has 3 aromatic rings. The first kappa shape index (κ1) is 25.5. The molecule has 34 heavy (non-hydrogen) atoms. The van der Waals surface area contributed by atoms with Crippen molar-refractivity contribution in [3.63, 3.8) is 0 Å². The molecule has 3 rings (SSSR count). The summed E-state index contributed by atoms with van der Waals surface area (Å²) in [6.45, 7) is 10.2. The maximum Gasteiger partial charge on any atom is 0.251 e. The Labute approximate surface area is 205 Å². The number of carbonyl (C=O) groups excluding carboxylic acids is 2. The third-order valence-corrected chi connectivity index (χ3v) is 6.62. The van der Waals surface area contributed by atoms with E-state index in [1.165, 1.54) is 11.8 Å². The van der Waals surface area contributed by atoms with Crippen LogP contribution in [0.15, 0.2) is 53.7 Å². The average molecular weight is 480 g/mol. The van der Waals surface area contributed by atoms with E-state index in [0.29, 0.717) is 22.5 Å².